The van der Waals surface area contributed by atoms with Gasteiger partial charge in [-0.3, -0.25) is 0 Å². The molecule has 0 radical (unpaired) electrons. The third-order valence-corrected chi connectivity index (χ3v) is 2.28. The number of hydrogen-bond donors (Lipinski definition) is 0. The van der Waals surface area contributed by atoms with E-state index in [9.17, 15) is 0 Å². The number of azide groups is 1. The van der Waals surface area contributed by atoms with Gasteiger partial charge in [0.05, 0.1) is 7.11 Å². The molecule has 1 aromatic rings. The molecule has 74 valence electrons. The summed E-state index contributed by atoms with van der Waals surface area (Å²) in [5.74, 6) is 0.821. The van der Waals surface area contributed by atoms with Crippen LogP contribution in [-0.2, 0) is 6.42 Å². The molecule has 1 rings (SSSR count). The second-order valence-corrected chi connectivity index (χ2v) is 3.58. The zero-order chi connectivity index (χ0) is 10.4. The van der Waals surface area contributed by atoms with Gasteiger partial charge in [0, 0.05) is 15.9 Å². The average Bonchev–Trinajstić information content (AvgIpc) is 2.19. The first-order chi connectivity index (χ1) is 6.77. The van der Waals surface area contributed by atoms with Crippen molar-refractivity contribution in [2.45, 2.75) is 6.42 Å². The van der Waals surface area contributed by atoms with Crippen molar-refractivity contribution in [1.82, 2.24) is 0 Å². The van der Waals surface area contributed by atoms with E-state index in [1.165, 1.54) is 0 Å². The highest BCUT2D eigenvalue weighted by atomic mass is 79.9. The Kier molecular flexibility index (Phi) is 4.29. The third kappa shape index (κ3) is 2.94. The molecule has 0 aliphatic heterocycles. The predicted molar refractivity (Wildman–Crippen MR) is 58.4 cm³/mol. The molecular formula is C9H10BrN3O. The van der Waals surface area contributed by atoms with E-state index in [0.29, 0.717) is 13.0 Å². The molecule has 4 nitrogen and oxygen atoms in total. The minimum atomic E-state index is 0.448. The first-order valence-corrected chi connectivity index (χ1v) is 4.90. The van der Waals surface area contributed by atoms with E-state index in [0.717, 1.165) is 15.8 Å². The van der Waals surface area contributed by atoms with E-state index in [4.69, 9.17) is 10.3 Å². The van der Waals surface area contributed by atoms with Gasteiger partial charge in [-0.05, 0) is 35.7 Å². The maximum Gasteiger partial charge on any atom is 0.122 e. The second kappa shape index (κ2) is 5.52. The molecule has 0 heterocycles. The Morgan fingerprint density at radius 1 is 1.57 bits per heavy atom. The van der Waals surface area contributed by atoms with Crippen LogP contribution in [0.4, 0.5) is 0 Å². The van der Waals surface area contributed by atoms with Gasteiger partial charge in [-0.15, -0.1) is 0 Å². The smallest absolute Gasteiger partial charge is 0.122 e. The Balaban J connectivity index is 2.81. The predicted octanol–water partition coefficient (Wildman–Crippen LogP) is 3.31. The number of benzene rings is 1. The molecule has 0 unspecified atom stereocenters. The van der Waals surface area contributed by atoms with Crippen molar-refractivity contribution in [3.05, 3.63) is 38.7 Å². The fourth-order valence-corrected chi connectivity index (χ4v) is 1.57. The van der Waals surface area contributed by atoms with Gasteiger partial charge in [-0.25, -0.2) is 0 Å². The molecule has 5 heteroatoms. The lowest BCUT2D eigenvalue weighted by Crippen LogP contribution is -1.94. The lowest BCUT2D eigenvalue weighted by Gasteiger charge is -2.07. The Labute approximate surface area is 90.6 Å². The third-order valence-electron chi connectivity index (χ3n) is 1.79. The maximum absolute atomic E-state index is 8.14. The van der Waals surface area contributed by atoms with Crippen molar-refractivity contribution < 1.29 is 4.74 Å². The molecular weight excluding hydrogens is 246 g/mol. The Morgan fingerprint density at radius 2 is 2.36 bits per heavy atom. The monoisotopic (exact) mass is 255 g/mol. The first-order valence-electron chi connectivity index (χ1n) is 4.11. The molecule has 0 aromatic heterocycles. The minimum absolute atomic E-state index is 0.448. The number of hydrogen-bond acceptors (Lipinski definition) is 2. The highest BCUT2D eigenvalue weighted by Crippen LogP contribution is 2.23. The van der Waals surface area contributed by atoms with Crippen molar-refractivity contribution in [1.29, 1.82) is 0 Å². The van der Waals surface area contributed by atoms with E-state index in [2.05, 4.69) is 26.0 Å². The summed E-state index contributed by atoms with van der Waals surface area (Å²) in [5, 5.41) is 3.48. The molecule has 0 aliphatic carbocycles. The molecule has 0 bridgehead atoms. The van der Waals surface area contributed by atoms with E-state index in [1.54, 1.807) is 7.11 Å². The summed E-state index contributed by atoms with van der Waals surface area (Å²) in [4.78, 5) is 2.70. The highest BCUT2D eigenvalue weighted by molar-refractivity contribution is 9.10. The van der Waals surface area contributed by atoms with Crippen LogP contribution in [0, 0.1) is 0 Å². The standard InChI is InChI=1S/C9H10BrN3O/c1-14-9-3-2-8(10)6-7(9)4-5-12-13-11/h2-3,6H,4-5H2,1H3. The second-order valence-electron chi connectivity index (χ2n) is 2.66. The summed E-state index contributed by atoms with van der Waals surface area (Å²) >= 11 is 3.38. The number of nitrogens with zero attached hydrogens (tertiary/aromatic N) is 3. The zero-order valence-corrected chi connectivity index (χ0v) is 9.36. The number of methoxy groups -OCH3 is 1. The maximum atomic E-state index is 8.14. The van der Waals surface area contributed by atoms with Gasteiger partial charge in [0.1, 0.15) is 5.75 Å². The lowest BCUT2D eigenvalue weighted by molar-refractivity contribution is 0.409. The SMILES string of the molecule is COc1ccc(Br)cc1CCN=[N+]=[N-]. The van der Waals surface area contributed by atoms with Crippen LogP contribution in [0.2, 0.25) is 0 Å². The van der Waals surface area contributed by atoms with Crippen LogP contribution >= 0.6 is 15.9 Å². The quantitative estimate of drug-likeness (QED) is 0.463. The van der Waals surface area contributed by atoms with Crippen LogP contribution in [-0.4, -0.2) is 13.7 Å². The molecule has 0 spiro atoms. The van der Waals surface area contributed by atoms with Crippen LogP contribution in [0.3, 0.4) is 0 Å². The molecule has 1 aromatic carbocycles. The molecule has 0 saturated carbocycles. The van der Waals surface area contributed by atoms with Crippen LogP contribution in [0.25, 0.3) is 10.4 Å². The van der Waals surface area contributed by atoms with Gasteiger partial charge in [0.25, 0.3) is 0 Å². The van der Waals surface area contributed by atoms with Crippen LogP contribution in [0.5, 0.6) is 5.75 Å². The van der Waals surface area contributed by atoms with E-state index in [-0.39, 0.29) is 0 Å². The number of ether oxygens (including phenoxy) is 1. The fraction of sp³-hybridized carbons (Fsp3) is 0.333. The summed E-state index contributed by atoms with van der Waals surface area (Å²) in [7, 11) is 1.63. The summed E-state index contributed by atoms with van der Waals surface area (Å²) in [6.45, 7) is 0.448. The van der Waals surface area contributed by atoms with Gasteiger partial charge in [0.2, 0.25) is 0 Å². The van der Waals surface area contributed by atoms with Crippen molar-refractivity contribution >= 4 is 15.9 Å². The van der Waals surface area contributed by atoms with Gasteiger partial charge >= 0.3 is 0 Å². The normalized spacial score (nSPS) is 9.29. The summed E-state index contributed by atoms with van der Waals surface area (Å²) < 4.78 is 6.17. The van der Waals surface area contributed by atoms with Crippen molar-refractivity contribution in [2.75, 3.05) is 13.7 Å². The summed E-state index contributed by atoms with van der Waals surface area (Å²) in [6, 6.07) is 5.76. The first kappa shape index (κ1) is 10.9. The van der Waals surface area contributed by atoms with E-state index in [1.807, 2.05) is 18.2 Å². The van der Waals surface area contributed by atoms with Crippen molar-refractivity contribution in [3.8, 4) is 5.75 Å². The van der Waals surface area contributed by atoms with Gasteiger partial charge in [-0.1, -0.05) is 21.0 Å². The molecule has 0 fully saturated rings. The van der Waals surface area contributed by atoms with Crippen molar-refractivity contribution in [2.24, 2.45) is 5.11 Å². The lowest BCUT2D eigenvalue weighted by atomic mass is 10.1. The largest absolute Gasteiger partial charge is 0.496 e. The topological polar surface area (TPSA) is 58.0 Å². The Hall–Kier alpha value is -1.19. The van der Waals surface area contributed by atoms with Crippen LogP contribution in [0.1, 0.15) is 5.56 Å². The average molecular weight is 256 g/mol. The zero-order valence-electron chi connectivity index (χ0n) is 7.77. The molecule has 0 N–H and O–H groups in total. The van der Waals surface area contributed by atoms with Crippen LogP contribution < -0.4 is 4.74 Å². The van der Waals surface area contributed by atoms with Gasteiger partial charge in [0.15, 0.2) is 0 Å². The summed E-state index contributed by atoms with van der Waals surface area (Å²) in [5.41, 5.74) is 9.18. The fourth-order valence-electron chi connectivity index (χ4n) is 1.16. The Morgan fingerprint density at radius 3 is 3.00 bits per heavy atom. The van der Waals surface area contributed by atoms with Crippen molar-refractivity contribution in [3.63, 3.8) is 0 Å². The highest BCUT2D eigenvalue weighted by Gasteiger charge is 2.02. The molecule has 0 saturated heterocycles. The van der Waals surface area contributed by atoms with E-state index < -0.39 is 0 Å². The number of halogens is 1. The molecule has 0 amide bonds. The Bertz CT molecular complexity index is 361. The molecule has 0 aliphatic rings. The molecule has 14 heavy (non-hydrogen) atoms. The molecule has 0 atom stereocenters. The van der Waals surface area contributed by atoms with Gasteiger partial charge < -0.3 is 4.74 Å². The van der Waals surface area contributed by atoms with Gasteiger partial charge in [-0.2, -0.15) is 0 Å². The minimum Gasteiger partial charge on any atom is -0.496 e. The van der Waals surface area contributed by atoms with E-state index >= 15 is 0 Å². The van der Waals surface area contributed by atoms with Crippen LogP contribution in [0.15, 0.2) is 27.8 Å². The summed E-state index contributed by atoms with van der Waals surface area (Å²) in [6.07, 6.45) is 0.687. The number of rotatable bonds is 4.